The highest BCUT2D eigenvalue weighted by Gasteiger charge is 2.09. The molecule has 0 saturated carbocycles. The Morgan fingerprint density at radius 1 is 1.31 bits per heavy atom. The van der Waals surface area contributed by atoms with Crippen molar-refractivity contribution in [3.05, 3.63) is 42.0 Å². The minimum Gasteiger partial charge on any atom is -0.497 e. The summed E-state index contributed by atoms with van der Waals surface area (Å²) in [4.78, 5) is 0. The van der Waals surface area contributed by atoms with Crippen LogP contribution in [0.2, 0.25) is 0 Å². The van der Waals surface area contributed by atoms with Gasteiger partial charge in [-0.3, -0.25) is 0 Å². The molecule has 0 N–H and O–H groups in total. The number of benzene rings is 1. The molecule has 1 aromatic rings. The minimum atomic E-state index is 0.155. The third kappa shape index (κ3) is 4.14. The number of hydrogen-bond donors (Lipinski definition) is 0. The number of allylic oxidation sites excluding steroid dienone is 1. The molecule has 1 atom stereocenters. The van der Waals surface area contributed by atoms with Gasteiger partial charge in [0.05, 0.1) is 19.8 Å². The number of hydrogen-bond acceptors (Lipinski definition) is 2. The van der Waals surface area contributed by atoms with Gasteiger partial charge in [0, 0.05) is 4.43 Å². The lowest BCUT2D eigenvalue weighted by molar-refractivity contribution is 0.0942. The van der Waals surface area contributed by atoms with E-state index in [0.29, 0.717) is 6.61 Å². The number of ether oxygens (including phenoxy) is 2. The number of rotatable bonds is 6. The van der Waals surface area contributed by atoms with E-state index in [2.05, 4.69) is 34.7 Å². The van der Waals surface area contributed by atoms with Crippen molar-refractivity contribution in [2.45, 2.75) is 13.0 Å². The van der Waals surface area contributed by atoms with Crippen molar-refractivity contribution in [2.24, 2.45) is 0 Å². The smallest absolute Gasteiger partial charge is 0.118 e. The summed E-state index contributed by atoms with van der Waals surface area (Å²) in [6.07, 6.45) is 4.17. The average Bonchev–Trinajstić information content (AvgIpc) is 2.35. The lowest BCUT2D eigenvalue weighted by atomic mass is 10.1. The molecule has 0 aliphatic carbocycles. The molecule has 0 fully saturated rings. The van der Waals surface area contributed by atoms with Gasteiger partial charge in [-0.05, 0) is 24.6 Å². The molecule has 0 radical (unpaired) electrons. The standard InChI is InChI=1S/C13H17IO2/c1-3-4-9-16-13(10-14)11-5-7-12(15-2)8-6-11/h3-8,13H,9-10H2,1-2H3/b4-3+. The van der Waals surface area contributed by atoms with Crippen molar-refractivity contribution in [1.82, 2.24) is 0 Å². The fourth-order valence-corrected chi connectivity index (χ4v) is 2.08. The molecule has 0 heterocycles. The topological polar surface area (TPSA) is 18.5 Å². The van der Waals surface area contributed by atoms with Gasteiger partial charge < -0.3 is 9.47 Å². The fourth-order valence-electron chi connectivity index (χ4n) is 1.32. The Bertz CT molecular complexity index is 319. The molecule has 3 heteroatoms. The van der Waals surface area contributed by atoms with E-state index >= 15 is 0 Å². The van der Waals surface area contributed by atoms with Crippen LogP contribution in [-0.2, 0) is 4.74 Å². The largest absolute Gasteiger partial charge is 0.497 e. The van der Waals surface area contributed by atoms with Gasteiger partial charge in [0.15, 0.2) is 0 Å². The maximum absolute atomic E-state index is 5.76. The first-order valence-corrected chi connectivity index (χ1v) is 6.77. The van der Waals surface area contributed by atoms with Crippen LogP contribution in [0, 0.1) is 0 Å². The van der Waals surface area contributed by atoms with Gasteiger partial charge in [-0.2, -0.15) is 0 Å². The van der Waals surface area contributed by atoms with Crippen LogP contribution in [0.5, 0.6) is 5.75 Å². The van der Waals surface area contributed by atoms with Crippen molar-refractivity contribution in [2.75, 3.05) is 18.1 Å². The SMILES string of the molecule is C/C=C/COC(CI)c1ccc(OC)cc1. The molecule has 16 heavy (non-hydrogen) atoms. The van der Waals surface area contributed by atoms with Crippen LogP contribution < -0.4 is 4.74 Å². The Morgan fingerprint density at radius 3 is 2.50 bits per heavy atom. The van der Waals surface area contributed by atoms with E-state index in [1.165, 1.54) is 5.56 Å². The summed E-state index contributed by atoms with van der Waals surface area (Å²) in [7, 11) is 1.67. The Kier molecular flexibility index (Phi) is 6.49. The normalized spacial score (nSPS) is 12.9. The van der Waals surface area contributed by atoms with E-state index in [1.807, 2.05) is 31.2 Å². The van der Waals surface area contributed by atoms with Crippen molar-refractivity contribution in [1.29, 1.82) is 0 Å². The molecule has 1 unspecified atom stereocenters. The zero-order valence-electron chi connectivity index (χ0n) is 9.65. The van der Waals surface area contributed by atoms with Crippen molar-refractivity contribution >= 4 is 22.6 Å². The Balaban J connectivity index is 2.63. The quantitative estimate of drug-likeness (QED) is 0.449. The molecule has 2 nitrogen and oxygen atoms in total. The second-order valence-electron chi connectivity index (χ2n) is 3.32. The van der Waals surface area contributed by atoms with Gasteiger partial charge in [0.2, 0.25) is 0 Å². The monoisotopic (exact) mass is 332 g/mol. The first-order valence-electron chi connectivity index (χ1n) is 5.24. The molecule has 0 saturated heterocycles. The molecule has 1 rings (SSSR count). The van der Waals surface area contributed by atoms with Crippen LogP contribution >= 0.6 is 22.6 Å². The summed E-state index contributed by atoms with van der Waals surface area (Å²) >= 11 is 2.34. The van der Waals surface area contributed by atoms with Crippen LogP contribution in [0.25, 0.3) is 0 Å². The van der Waals surface area contributed by atoms with Crippen molar-refractivity contribution < 1.29 is 9.47 Å². The average molecular weight is 332 g/mol. The predicted molar refractivity (Wildman–Crippen MR) is 75.4 cm³/mol. The minimum absolute atomic E-state index is 0.155. The lowest BCUT2D eigenvalue weighted by Crippen LogP contribution is -2.05. The highest BCUT2D eigenvalue weighted by molar-refractivity contribution is 14.1. The van der Waals surface area contributed by atoms with Gasteiger partial charge in [0.25, 0.3) is 0 Å². The summed E-state index contributed by atoms with van der Waals surface area (Å²) in [5, 5.41) is 0. The molecule has 0 aromatic heterocycles. The maximum atomic E-state index is 5.76. The predicted octanol–water partition coefficient (Wildman–Crippen LogP) is 3.76. The van der Waals surface area contributed by atoms with Gasteiger partial charge in [-0.15, -0.1) is 0 Å². The summed E-state index contributed by atoms with van der Waals surface area (Å²) in [5.41, 5.74) is 1.19. The number of alkyl halides is 1. The maximum Gasteiger partial charge on any atom is 0.118 e. The fraction of sp³-hybridized carbons (Fsp3) is 0.385. The second kappa shape index (κ2) is 7.68. The van der Waals surface area contributed by atoms with Gasteiger partial charge in [0.1, 0.15) is 5.75 Å². The molecule has 0 bridgehead atoms. The highest BCUT2D eigenvalue weighted by atomic mass is 127. The summed E-state index contributed by atoms with van der Waals surface area (Å²) in [6, 6.07) is 8.04. The number of methoxy groups -OCH3 is 1. The van der Waals surface area contributed by atoms with E-state index in [1.54, 1.807) is 7.11 Å². The van der Waals surface area contributed by atoms with Crippen LogP contribution in [0.15, 0.2) is 36.4 Å². The molecule has 1 aromatic carbocycles. The van der Waals surface area contributed by atoms with Crippen LogP contribution in [0.4, 0.5) is 0 Å². The summed E-state index contributed by atoms with van der Waals surface area (Å²) < 4.78 is 11.8. The molecule has 88 valence electrons. The Labute approximate surface area is 111 Å². The highest BCUT2D eigenvalue weighted by Crippen LogP contribution is 2.22. The summed E-state index contributed by atoms with van der Waals surface area (Å²) in [6.45, 7) is 2.66. The van der Waals surface area contributed by atoms with Gasteiger partial charge in [-0.1, -0.05) is 46.9 Å². The van der Waals surface area contributed by atoms with E-state index in [0.717, 1.165) is 10.2 Å². The van der Waals surface area contributed by atoms with Crippen LogP contribution in [0.3, 0.4) is 0 Å². The van der Waals surface area contributed by atoms with E-state index < -0.39 is 0 Å². The molecule has 0 aliphatic rings. The second-order valence-corrected chi connectivity index (χ2v) is 4.20. The Morgan fingerprint density at radius 2 is 2.00 bits per heavy atom. The first kappa shape index (κ1) is 13.5. The molecule has 0 aliphatic heterocycles. The molecular weight excluding hydrogens is 315 g/mol. The van der Waals surface area contributed by atoms with E-state index in [-0.39, 0.29) is 6.10 Å². The summed E-state index contributed by atoms with van der Waals surface area (Å²) in [5.74, 6) is 0.879. The van der Waals surface area contributed by atoms with Gasteiger partial charge >= 0.3 is 0 Å². The lowest BCUT2D eigenvalue weighted by Gasteiger charge is -2.15. The van der Waals surface area contributed by atoms with Gasteiger partial charge in [-0.25, -0.2) is 0 Å². The van der Waals surface area contributed by atoms with Crippen molar-refractivity contribution in [3.63, 3.8) is 0 Å². The molecule has 0 spiro atoms. The molecular formula is C13H17IO2. The first-order chi connectivity index (χ1) is 7.81. The van der Waals surface area contributed by atoms with Crippen LogP contribution in [0.1, 0.15) is 18.6 Å². The van der Waals surface area contributed by atoms with E-state index in [4.69, 9.17) is 9.47 Å². The zero-order chi connectivity index (χ0) is 11.8. The Hall–Kier alpha value is -0.550. The molecule has 0 amide bonds. The van der Waals surface area contributed by atoms with E-state index in [9.17, 15) is 0 Å². The third-order valence-corrected chi connectivity index (χ3v) is 3.06. The van der Waals surface area contributed by atoms with Crippen LogP contribution in [-0.4, -0.2) is 18.1 Å². The zero-order valence-corrected chi connectivity index (χ0v) is 11.8. The third-order valence-electron chi connectivity index (χ3n) is 2.26. The number of halogens is 1. The van der Waals surface area contributed by atoms with Crippen molar-refractivity contribution in [3.8, 4) is 5.75 Å².